The first kappa shape index (κ1) is 22.1. The number of carbonyl (C=O) groups excluding carboxylic acids is 2. The SMILES string of the molecule is C[C@H](NC(=O)c1ccc(C(C)(C)C)cc1)C(=O)O[C@@H](C)c1cccc([N+](=O)[O-])c1. The average molecular weight is 398 g/mol. The molecule has 2 rings (SSSR count). The number of non-ortho nitro benzene ring substituents is 1. The molecule has 0 spiro atoms. The lowest BCUT2D eigenvalue weighted by molar-refractivity contribution is -0.385. The fourth-order valence-electron chi connectivity index (χ4n) is 2.70. The van der Waals surface area contributed by atoms with Crippen molar-refractivity contribution in [3.63, 3.8) is 0 Å². The van der Waals surface area contributed by atoms with Gasteiger partial charge in [-0.05, 0) is 42.5 Å². The second-order valence-electron chi connectivity index (χ2n) is 7.95. The maximum Gasteiger partial charge on any atom is 0.328 e. The Bertz CT molecular complexity index is 900. The maximum atomic E-state index is 12.4. The number of benzene rings is 2. The quantitative estimate of drug-likeness (QED) is 0.444. The molecule has 0 radical (unpaired) electrons. The second kappa shape index (κ2) is 8.86. The molecule has 2 atom stereocenters. The Morgan fingerprint density at radius 1 is 1.07 bits per heavy atom. The molecule has 0 unspecified atom stereocenters. The van der Waals surface area contributed by atoms with Gasteiger partial charge in [0.2, 0.25) is 0 Å². The Hall–Kier alpha value is -3.22. The van der Waals surface area contributed by atoms with Crippen LogP contribution < -0.4 is 5.32 Å². The summed E-state index contributed by atoms with van der Waals surface area (Å²) >= 11 is 0. The highest BCUT2D eigenvalue weighted by Gasteiger charge is 2.22. The van der Waals surface area contributed by atoms with Gasteiger partial charge in [0.25, 0.3) is 11.6 Å². The molecule has 29 heavy (non-hydrogen) atoms. The molecule has 0 aliphatic heterocycles. The molecule has 7 heteroatoms. The molecule has 0 aliphatic carbocycles. The Morgan fingerprint density at radius 3 is 2.24 bits per heavy atom. The summed E-state index contributed by atoms with van der Waals surface area (Å²) in [6.45, 7) is 9.41. The lowest BCUT2D eigenvalue weighted by Crippen LogP contribution is -2.39. The third kappa shape index (κ3) is 5.88. The lowest BCUT2D eigenvalue weighted by atomic mass is 9.86. The second-order valence-corrected chi connectivity index (χ2v) is 7.95. The molecule has 0 aromatic heterocycles. The zero-order valence-electron chi connectivity index (χ0n) is 17.3. The van der Waals surface area contributed by atoms with Crippen LogP contribution in [0, 0.1) is 10.1 Å². The minimum Gasteiger partial charge on any atom is -0.456 e. The summed E-state index contributed by atoms with van der Waals surface area (Å²) in [5.74, 6) is -0.999. The van der Waals surface area contributed by atoms with E-state index < -0.39 is 23.0 Å². The molecule has 1 amide bonds. The number of amides is 1. The summed E-state index contributed by atoms with van der Waals surface area (Å²) < 4.78 is 5.36. The molecule has 0 heterocycles. The molecule has 0 fully saturated rings. The highest BCUT2D eigenvalue weighted by molar-refractivity contribution is 5.96. The predicted octanol–water partition coefficient (Wildman–Crippen LogP) is 4.32. The number of nitro benzene ring substituents is 1. The van der Waals surface area contributed by atoms with Crippen molar-refractivity contribution in [2.45, 2.75) is 52.2 Å². The van der Waals surface area contributed by atoms with E-state index in [1.165, 1.54) is 25.1 Å². The first-order valence-corrected chi connectivity index (χ1v) is 9.35. The van der Waals surface area contributed by atoms with Gasteiger partial charge in [-0.2, -0.15) is 0 Å². The van der Waals surface area contributed by atoms with Gasteiger partial charge in [0.15, 0.2) is 0 Å². The van der Waals surface area contributed by atoms with Crippen molar-refractivity contribution in [3.8, 4) is 0 Å². The van der Waals surface area contributed by atoms with Crippen molar-refractivity contribution in [2.24, 2.45) is 0 Å². The summed E-state index contributed by atoms with van der Waals surface area (Å²) in [5.41, 5.74) is 1.96. The van der Waals surface area contributed by atoms with Gasteiger partial charge in [-0.15, -0.1) is 0 Å². The summed E-state index contributed by atoms with van der Waals surface area (Å²) in [5, 5.41) is 13.5. The van der Waals surface area contributed by atoms with Gasteiger partial charge in [0, 0.05) is 17.7 Å². The summed E-state index contributed by atoms with van der Waals surface area (Å²) in [4.78, 5) is 35.1. The van der Waals surface area contributed by atoms with Gasteiger partial charge in [0.05, 0.1) is 4.92 Å². The summed E-state index contributed by atoms with van der Waals surface area (Å²) in [6, 6.07) is 12.3. The molecule has 0 bridgehead atoms. The van der Waals surface area contributed by atoms with Crippen LogP contribution in [0.25, 0.3) is 0 Å². The molecule has 2 aromatic carbocycles. The summed E-state index contributed by atoms with van der Waals surface area (Å²) in [7, 11) is 0. The van der Waals surface area contributed by atoms with Crippen LogP contribution >= 0.6 is 0 Å². The summed E-state index contributed by atoms with van der Waals surface area (Å²) in [6.07, 6.45) is -0.687. The highest BCUT2D eigenvalue weighted by atomic mass is 16.6. The van der Waals surface area contributed by atoms with E-state index in [4.69, 9.17) is 4.74 Å². The average Bonchev–Trinajstić information content (AvgIpc) is 2.67. The topological polar surface area (TPSA) is 98.5 Å². The van der Waals surface area contributed by atoms with Gasteiger partial charge >= 0.3 is 5.97 Å². The van der Waals surface area contributed by atoms with E-state index in [0.717, 1.165) is 5.56 Å². The van der Waals surface area contributed by atoms with Crippen LogP contribution in [0.4, 0.5) is 5.69 Å². The van der Waals surface area contributed by atoms with Crippen LogP contribution in [0.1, 0.15) is 62.2 Å². The molecular weight excluding hydrogens is 372 g/mol. The number of nitrogens with zero attached hydrogens (tertiary/aromatic N) is 1. The number of carbonyl (C=O) groups is 2. The Balaban J connectivity index is 1.98. The smallest absolute Gasteiger partial charge is 0.328 e. The molecule has 2 aromatic rings. The number of nitrogens with one attached hydrogen (secondary N) is 1. The molecular formula is C22H26N2O5. The first-order valence-electron chi connectivity index (χ1n) is 9.35. The predicted molar refractivity (Wildman–Crippen MR) is 110 cm³/mol. The molecule has 0 saturated heterocycles. The van der Waals surface area contributed by atoms with Crippen molar-refractivity contribution in [1.29, 1.82) is 0 Å². The Kier molecular flexibility index (Phi) is 6.74. The first-order chi connectivity index (χ1) is 13.5. The number of ether oxygens (including phenoxy) is 1. The van der Waals surface area contributed by atoms with Gasteiger partial charge in [-0.1, -0.05) is 45.0 Å². The van der Waals surface area contributed by atoms with E-state index in [0.29, 0.717) is 11.1 Å². The van der Waals surface area contributed by atoms with Crippen molar-refractivity contribution in [1.82, 2.24) is 5.32 Å². The van der Waals surface area contributed by atoms with E-state index in [1.807, 2.05) is 12.1 Å². The van der Waals surface area contributed by atoms with Crippen LogP contribution in [0.3, 0.4) is 0 Å². The van der Waals surface area contributed by atoms with E-state index >= 15 is 0 Å². The standard InChI is InChI=1S/C22H26N2O5/c1-14(23-20(25)16-9-11-18(12-10-16)22(3,4)5)21(26)29-15(2)17-7-6-8-19(13-17)24(27)28/h6-15H,1-5H3,(H,23,25)/t14-,15-/m0/s1. The minimum absolute atomic E-state index is 0.0191. The number of hydrogen-bond donors (Lipinski definition) is 1. The fraction of sp³-hybridized carbons (Fsp3) is 0.364. The Labute approximate surface area is 170 Å². The van der Waals surface area contributed by atoms with Gasteiger partial charge in [-0.3, -0.25) is 14.9 Å². The van der Waals surface area contributed by atoms with Crippen LogP contribution in [-0.2, 0) is 14.9 Å². The minimum atomic E-state index is -0.869. The normalized spacial score (nSPS) is 13.3. The molecule has 0 saturated carbocycles. The van der Waals surface area contributed by atoms with Crippen molar-refractivity contribution in [2.75, 3.05) is 0 Å². The van der Waals surface area contributed by atoms with Crippen LogP contribution in [0.5, 0.6) is 0 Å². The van der Waals surface area contributed by atoms with E-state index in [1.54, 1.807) is 25.1 Å². The van der Waals surface area contributed by atoms with Crippen LogP contribution in [0.2, 0.25) is 0 Å². The van der Waals surface area contributed by atoms with Gasteiger partial charge in [0.1, 0.15) is 12.1 Å². The fourth-order valence-corrected chi connectivity index (χ4v) is 2.70. The van der Waals surface area contributed by atoms with E-state index in [2.05, 4.69) is 26.1 Å². The highest BCUT2D eigenvalue weighted by Crippen LogP contribution is 2.23. The maximum absolute atomic E-state index is 12.4. The molecule has 7 nitrogen and oxygen atoms in total. The largest absolute Gasteiger partial charge is 0.456 e. The van der Waals surface area contributed by atoms with Crippen LogP contribution in [-0.4, -0.2) is 22.8 Å². The lowest BCUT2D eigenvalue weighted by Gasteiger charge is -2.20. The Morgan fingerprint density at radius 2 is 1.69 bits per heavy atom. The zero-order valence-corrected chi connectivity index (χ0v) is 17.3. The number of nitro groups is 1. The van der Waals surface area contributed by atoms with E-state index in [9.17, 15) is 19.7 Å². The van der Waals surface area contributed by atoms with Crippen molar-refractivity contribution < 1.29 is 19.2 Å². The molecule has 154 valence electrons. The van der Waals surface area contributed by atoms with Crippen molar-refractivity contribution >= 4 is 17.6 Å². The number of esters is 1. The zero-order chi connectivity index (χ0) is 21.8. The monoisotopic (exact) mass is 398 g/mol. The number of rotatable bonds is 6. The van der Waals surface area contributed by atoms with E-state index in [-0.39, 0.29) is 17.0 Å². The van der Waals surface area contributed by atoms with Crippen molar-refractivity contribution in [3.05, 3.63) is 75.3 Å². The van der Waals surface area contributed by atoms with Gasteiger partial charge in [-0.25, -0.2) is 4.79 Å². The number of hydrogen-bond acceptors (Lipinski definition) is 5. The molecule has 0 aliphatic rings. The molecule has 1 N–H and O–H groups in total. The third-order valence-electron chi connectivity index (χ3n) is 4.56. The third-order valence-corrected chi connectivity index (χ3v) is 4.56. The van der Waals surface area contributed by atoms with Gasteiger partial charge < -0.3 is 10.1 Å². The van der Waals surface area contributed by atoms with Crippen LogP contribution in [0.15, 0.2) is 48.5 Å².